The average molecular weight is 428 g/mol. The molecule has 2 N–H and O–H groups in total. The average Bonchev–Trinajstić information content (AvgIpc) is 3.16. The Morgan fingerprint density at radius 2 is 1.56 bits per heavy atom. The fourth-order valence-electron chi connectivity index (χ4n) is 4.74. The van der Waals surface area contributed by atoms with Crippen LogP contribution in [0.2, 0.25) is 0 Å². The Morgan fingerprint density at radius 3 is 2.19 bits per heavy atom. The number of benzene rings is 3. The van der Waals surface area contributed by atoms with Gasteiger partial charge in [-0.3, -0.25) is 4.79 Å². The van der Waals surface area contributed by atoms with Crippen molar-refractivity contribution in [2.24, 2.45) is 0 Å². The number of aldehydes is 1. The number of nitrogens with two attached hydrogens (primary N) is 1. The van der Waals surface area contributed by atoms with E-state index in [-0.39, 0.29) is 12.0 Å². The van der Waals surface area contributed by atoms with Gasteiger partial charge in [-0.2, -0.15) is 0 Å². The first-order chi connectivity index (χ1) is 15.6. The Hall–Kier alpha value is -3.80. The molecule has 1 aliphatic carbocycles. The number of hydrogen-bond donors (Lipinski definition) is 1. The molecule has 0 saturated carbocycles. The number of fused-ring (bicyclic) bond motifs is 3. The van der Waals surface area contributed by atoms with Crippen molar-refractivity contribution < 1.29 is 14.3 Å². The van der Waals surface area contributed by atoms with Crippen LogP contribution in [0, 0.1) is 0 Å². The summed E-state index contributed by atoms with van der Waals surface area (Å²) < 4.78 is 5.78. The summed E-state index contributed by atoms with van der Waals surface area (Å²) in [6.45, 7) is 2.76. The number of anilines is 2. The van der Waals surface area contributed by atoms with Gasteiger partial charge in [-0.15, -0.1) is 0 Å². The fraction of sp³-hybridized carbons (Fsp3) is 0.231. The molecular weight excluding hydrogens is 402 g/mol. The minimum absolute atomic E-state index is 0.0571. The summed E-state index contributed by atoms with van der Waals surface area (Å²) >= 11 is 0. The van der Waals surface area contributed by atoms with Crippen molar-refractivity contribution in [3.63, 3.8) is 0 Å². The van der Waals surface area contributed by atoms with E-state index in [0.717, 1.165) is 12.0 Å². The molecule has 0 atom stereocenters. The minimum atomic E-state index is -0.285. The number of piperazine rings is 1. The molecule has 0 radical (unpaired) electrons. The molecule has 6 heteroatoms. The van der Waals surface area contributed by atoms with E-state index in [1.165, 1.54) is 22.3 Å². The van der Waals surface area contributed by atoms with Crippen LogP contribution in [0.5, 0.6) is 0 Å². The SMILES string of the molecule is Nc1cc(C=O)cc(N2CCN(C(=O)OCC3c4ccccc4-c4ccccc43)CC2)c1. The van der Waals surface area contributed by atoms with E-state index in [9.17, 15) is 9.59 Å². The first-order valence-electron chi connectivity index (χ1n) is 10.8. The summed E-state index contributed by atoms with van der Waals surface area (Å²) in [5.74, 6) is 0.0571. The van der Waals surface area contributed by atoms with Crippen LogP contribution >= 0.6 is 0 Å². The molecule has 1 heterocycles. The van der Waals surface area contributed by atoms with Gasteiger partial charge >= 0.3 is 6.09 Å². The molecule has 0 unspecified atom stereocenters. The van der Waals surface area contributed by atoms with Gasteiger partial charge in [0.25, 0.3) is 0 Å². The molecule has 0 aromatic heterocycles. The maximum atomic E-state index is 12.8. The van der Waals surface area contributed by atoms with E-state index in [0.29, 0.717) is 44.0 Å². The largest absolute Gasteiger partial charge is 0.448 e. The maximum absolute atomic E-state index is 12.8. The van der Waals surface area contributed by atoms with Crippen LogP contribution in [0.3, 0.4) is 0 Å². The van der Waals surface area contributed by atoms with Crippen molar-refractivity contribution in [2.45, 2.75) is 5.92 Å². The number of nitrogen functional groups attached to an aromatic ring is 1. The van der Waals surface area contributed by atoms with Gasteiger partial charge in [-0.1, -0.05) is 48.5 Å². The second kappa shape index (κ2) is 8.38. The molecule has 5 rings (SSSR count). The van der Waals surface area contributed by atoms with Crippen LogP contribution in [0.25, 0.3) is 11.1 Å². The predicted molar refractivity (Wildman–Crippen MR) is 125 cm³/mol. The number of carbonyl (C=O) groups is 2. The smallest absolute Gasteiger partial charge is 0.409 e. The molecule has 2 aliphatic rings. The summed E-state index contributed by atoms with van der Waals surface area (Å²) in [6, 6.07) is 22.0. The second-order valence-corrected chi connectivity index (χ2v) is 8.25. The van der Waals surface area contributed by atoms with Gasteiger partial charge in [0.2, 0.25) is 0 Å². The Balaban J connectivity index is 1.22. The van der Waals surface area contributed by atoms with Crippen LogP contribution < -0.4 is 10.6 Å². The topological polar surface area (TPSA) is 75.9 Å². The molecule has 6 nitrogen and oxygen atoms in total. The molecule has 1 amide bonds. The van der Waals surface area contributed by atoms with E-state index < -0.39 is 0 Å². The third-order valence-electron chi connectivity index (χ3n) is 6.34. The van der Waals surface area contributed by atoms with E-state index >= 15 is 0 Å². The Labute approximate surface area is 187 Å². The summed E-state index contributed by atoms with van der Waals surface area (Å²) in [4.78, 5) is 27.8. The van der Waals surface area contributed by atoms with Gasteiger partial charge < -0.3 is 20.3 Å². The molecule has 0 bridgehead atoms. The predicted octanol–water partition coefficient (Wildman–Crippen LogP) is 4.15. The van der Waals surface area contributed by atoms with Crippen molar-refractivity contribution in [1.29, 1.82) is 0 Å². The number of rotatable bonds is 4. The Bertz CT molecular complexity index is 1120. The number of ether oxygens (including phenoxy) is 1. The lowest BCUT2D eigenvalue weighted by molar-refractivity contribution is 0.0976. The highest BCUT2D eigenvalue weighted by atomic mass is 16.6. The van der Waals surface area contributed by atoms with Crippen LogP contribution in [0.4, 0.5) is 16.2 Å². The summed E-state index contributed by atoms with van der Waals surface area (Å²) in [5.41, 5.74) is 12.8. The van der Waals surface area contributed by atoms with E-state index in [1.807, 2.05) is 36.4 Å². The van der Waals surface area contributed by atoms with E-state index in [2.05, 4.69) is 29.2 Å². The van der Waals surface area contributed by atoms with Crippen molar-refractivity contribution in [3.8, 4) is 11.1 Å². The van der Waals surface area contributed by atoms with Gasteiger partial charge in [0.1, 0.15) is 12.9 Å². The lowest BCUT2D eigenvalue weighted by Crippen LogP contribution is -2.49. The molecule has 32 heavy (non-hydrogen) atoms. The lowest BCUT2D eigenvalue weighted by atomic mass is 9.98. The molecule has 162 valence electrons. The monoisotopic (exact) mass is 427 g/mol. The quantitative estimate of drug-likeness (QED) is 0.500. The van der Waals surface area contributed by atoms with Gasteiger partial charge in [0.15, 0.2) is 0 Å². The summed E-state index contributed by atoms with van der Waals surface area (Å²) in [6.07, 6.45) is 0.514. The molecule has 1 saturated heterocycles. The van der Waals surface area contributed by atoms with Crippen molar-refractivity contribution in [3.05, 3.63) is 83.4 Å². The fourth-order valence-corrected chi connectivity index (χ4v) is 4.74. The van der Waals surface area contributed by atoms with Crippen LogP contribution in [0.1, 0.15) is 27.4 Å². The molecule has 1 fully saturated rings. The van der Waals surface area contributed by atoms with Crippen LogP contribution in [0.15, 0.2) is 66.7 Å². The van der Waals surface area contributed by atoms with Crippen molar-refractivity contribution in [2.75, 3.05) is 43.4 Å². The van der Waals surface area contributed by atoms with Crippen LogP contribution in [-0.2, 0) is 4.74 Å². The van der Waals surface area contributed by atoms with Crippen LogP contribution in [-0.4, -0.2) is 50.1 Å². The number of amides is 1. The maximum Gasteiger partial charge on any atom is 0.409 e. The molecule has 3 aromatic carbocycles. The van der Waals surface area contributed by atoms with Crippen molar-refractivity contribution >= 4 is 23.8 Å². The zero-order valence-electron chi connectivity index (χ0n) is 17.7. The van der Waals surface area contributed by atoms with E-state index in [1.54, 1.807) is 11.0 Å². The third-order valence-corrected chi connectivity index (χ3v) is 6.34. The first-order valence-corrected chi connectivity index (χ1v) is 10.8. The van der Waals surface area contributed by atoms with Gasteiger partial charge in [-0.25, -0.2) is 4.79 Å². The number of hydrogen-bond acceptors (Lipinski definition) is 5. The highest BCUT2D eigenvalue weighted by Crippen LogP contribution is 2.44. The minimum Gasteiger partial charge on any atom is -0.448 e. The zero-order valence-corrected chi connectivity index (χ0v) is 17.7. The molecular formula is C26H25N3O3. The normalized spacial score (nSPS) is 15.2. The Morgan fingerprint density at radius 1 is 0.938 bits per heavy atom. The summed E-state index contributed by atoms with van der Waals surface area (Å²) in [7, 11) is 0. The highest BCUT2D eigenvalue weighted by Gasteiger charge is 2.30. The standard InChI is InChI=1S/C26H25N3O3/c27-19-13-18(16-30)14-20(15-19)28-9-11-29(12-10-28)26(31)32-17-25-23-7-3-1-5-21(23)22-6-2-4-8-24(22)25/h1-8,13-16,25H,9-12,17,27H2. The second-order valence-electron chi connectivity index (χ2n) is 8.25. The highest BCUT2D eigenvalue weighted by molar-refractivity contribution is 5.80. The molecule has 0 spiro atoms. The van der Waals surface area contributed by atoms with Gasteiger partial charge in [0.05, 0.1) is 0 Å². The zero-order chi connectivity index (χ0) is 22.1. The van der Waals surface area contributed by atoms with Crippen molar-refractivity contribution in [1.82, 2.24) is 4.90 Å². The molecule has 1 aliphatic heterocycles. The Kier molecular flexibility index (Phi) is 5.27. The molecule has 3 aromatic rings. The third kappa shape index (κ3) is 3.68. The first kappa shape index (κ1) is 20.1. The number of nitrogens with zero attached hydrogens (tertiary/aromatic N) is 2. The lowest BCUT2D eigenvalue weighted by Gasteiger charge is -2.35. The van der Waals surface area contributed by atoms with Gasteiger partial charge in [-0.05, 0) is 40.5 Å². The van der Waals surface area contributed by atoms with E-state index in [4.69, 9.17) is 10.5 Å². The van der Waals surface area contributed by atoms with Gasteiger partial charge in [0, 0.05) is 49.0 Å². The summed E-state index contributed by atoms with van der Waals surface area (Å²) in [5, 5.41) is 0. The number of carbonyl (C=O) groups excluding carboxylic acids is 2.